The number of halogens is 2. The van der Waals surface area contributed by atoms with Crippen molar-refractivity contribution >= 4 is 25.4 Å². The van der Waals surface area contributed by atoms with Crippen LogP contribution in [-0.4, -0.2) is 13.3 Å². The minimum absolute atomic E-state index is 0.362. The molecule has 0 atom stereocenters. The van der Waals surface area contributed by atoms with Crippen LogP contribution >= 0.6 is 10.7 Å². The molecule has 0 fully saturated rings. The second-order valence-electron chi connectivity index (χ2n) is 2.72. The minimum atomic E-state index is -4.34. The Morgan fingerprint density at radius 2 is 2.00 bits per heavy atom. The third-order valence-corrected chi connectivity index (χ3v) is 3.23. The number of nitrogens with zero attached hydrogens (tertiary/aromatic N) is 1. The number of hydrogen-bond acceptors (Lipinski definition) is 4. The van der Waals surface area contributed by atoms with Gasteiger partial charge in [-0.1, -0.05) is 0 Å². The van der Waals surface area contributed by atoms with Gasteiger partial charge in [-0.25, -0.2) is 12.8 Å². The van der Waals surface area contributed by atoms with Gasteiger partial charge in [-0.15, -0.1) is 0 Å². The molecular formula is C7H5ClFNO4S. The number of benzene rings is 1. The molecule has 0 radical (unpaired) electrons. The Morgan fingerprint density at radius 1 is 1.47 bits per heavy atom. The number of hydrogen-bond donors (Lipinski definition) is 0. The van der Waals surface area contributed by atoms with Crippen molar-refractivity contribution in [3.05, 3.63) is 33.6 Å². The lowest BCUT2D eigenvalue weighted by Crippen LogP contribution is -2.03. The van der Waals surface area contributed by atoms with Gasteiger partial charge in [-0.05, 0) is 13.0 Å². The first kappa shape index (κ1) is 11.9. The number of nitro groups is 1. The maximum atomic E-state index is 13.0. The lowest BCUT2D eigenvalue weighted by atomic mass is 10.2. The molecule has 0 aliphatic carbocycles. The molecule has 0 spiro atoms. The Labute approximate surface area is 89.0 Å². The van der Waals surface area contributed by atoms with Gasteiger partial charge >= 0.3 is 0 Å². The van der Waals surface area contributed by atoms with Crippen LogP contribution in [0, 0.1) is 22.9 Å². The molecule has 15 heavy (non-hydrogen) atoms. The molecule has 0 N–H and O–H groups in total. The molecule has 1 aromatic carbocycles. The fourth-order valence-electron chi connectivity index (χ4n) is 1.10. The molecule has 0 saturated carbocycles. The van der Waals surface area contributed by atoms with E-state index in [-0.39, 0.29) is 5.56 Å². The molecule has 0 unspecified atom stereocenters. The van der Waals surface area contributed by atoms with Gasteiger partial charge in [0.1, 0.15) is 5.82 Å². The maximum Gasteiger partial charge on any atom is 0.289 e. The van der Waals surface area contributed by atoms with Crippen LogP contribution < -0.4 is 0 Å². The number of nitro benzene ring substituents is 1. The van der Waals surface area contributed by atoms with E-state index in [2.05, 4.69) is 0 Å². The van der Waals surface area contributed by atoms with Crippen molar-refractivity contribution in [3.63, 3.8) is 0 Å². The molecule has 0 aliphatic rings. The Hall–Kier alpha value is -1.21. The van der Waals surface area contributed by atoms with Gasteiger partial charge in [-0.3, -0.25) is 10.1 Å². The highest BCUT2D eigenvalue weighted by atomic mass is 35.7. The van der Waals surface area contributed by atoms with E-state index < -0.39 is 30.4 Å². The van der Waals surface area contributed by atoms with Crippen molar-refractivity contribution in [2.45, 2.75) is 11.8 Å². The van der Waals surface area contributed by atoms with Crippen molar-refractivity contribution < 1.29 is 17.7 Å². The summed E-state index contributed by atoms with van der Waals surface area (Å²) in [6.45, 7) is 1.11. The van der Waals surface area contributed by atoms with Crippen LogP contribution in [0.15, 0.2) is 17.0 Å². The van der Waals surface area contributed by atoms with E-state index >= 15 is 0 Å². The molecule has 8 heteroatoms. The van der Waals surface area contributed by atoms with Gasteiger partial charge in [0.05, 0.1) is 4.92 Å². The average Bonchev–Trinajstić information content (AvgIpc) is 2.06. The molecular weight excluding hydrogens is 249 g/mol. The van der Waals surface area contributed by atoms with E-state index in [0.29, 0.717) is 0 Å². The Balaban J connectivity index is 3.72. The second-order valence-corrected chi connectivity index (χ2v) is 5.22. The van der Waals surface area contributed by atoms with E-state index in [1.807, 2.05) is 0 Å². The fraction of sp³-hybridized carbons (Fsp3) is 0.143. The van der Waals surface area contributed by atoms with Gasteiger partial charge in [0.15, 0.2) is 4.90 Å². The topological polar surface area (TPSA) is 77.3 Å². The highest BCUT2D eigenvalue weighted by Crippen LogP contribution is 2.31. The zero-order valence-electron chi connectivity index (χ0n) is 7.40. The highest BCUT2D eigenvalue weighted by molar-refractivity contribution is 8.13. The van der Waals surface area contributed by atoms with Crippen molar-refractivity contribution in [1.82, 2.24) is 0 Å². The normalized spacial score (nSPS) is 11.4. The Morgan fingerprint density at radius 3 is 2.40 bits per heavy atom. The molecule has 0 aliphatic heterocycles. The van der Waals surface area contributed by atoms with Gasteiger partial charge < -0.3 is 0 Å². The van der Waals surface area contributed by atoms with E-state index in [1.54, 1.807) is 0 Å². The predicted molar refractivity (Wildman–Crippen MR) is 50.8 cm³/mol. The zero-order valence-corrected chi connectivity index (χ0v) is 8.97. The second kappa shape index (κ2) is 3.74. The zero-order chi connectivity index (χ0) is 11.8. The van der Waals surface area contributed by atoms with Crippen LogP contribution in [0.4, 0.5) is 10.1 Å². The average molecular weight is 254 g/mol. The molecule has 0 amide bonds. The molecule has 5 nitrogen and oxygen atoms in total. The van der Waals surface area contributed by atoms with Crippen LogP contribution in [0.25, 0.3) is 0 Å². The van der Waals surface area contributed by atoms with E-state index in [9.17, 15) is 22.9 Å². The first-order valence-electron chi connectivity index (χ1n) is 3.63. The van der Waals surface area contributed by atoms with Crippen LogP contribution in [0.5, 0.6) is 0 Å². The summed E-state index contributed by atoms with van der Waals surface area (Å²) < 4.78 is 35.1. The summed E-state index contributed by atoms with van der Waals surface area (Å²) in [5.41, 5.74) is -1.09. The minimum Gasteiger partial charge on any atom is -0.258 e. The van der Waals surface area contributed by atoms with E-state index in [0.717, 1.165) is 19.1 Å². The first-order chi connectivity index (χ1) is 6.75. The van der Waals surface area contributed by atoms with Gasteiger partial charge in [0.25, 0.3) is 14.7 Å². The standard InChI is InChI=1S/C7H5ClFNO4S/c1-4-5(9)2-3-6(10(11)12)7(4)15(8,13)14/h2-3H,1H3. The van der Waals surface area contributed by atoms with Crippen LogP contribution in [-0.2, 0) is 9.05 Å². The molecule has 82 valence electrons. The first-order valence-corrected chi connectivity index (χ1v) is 5.94. The summed E-state index contributed by atoms with van der Waals surface area (Å²) >= 11 is 0. The highest BCUT2D eigenvalue weighted by Gasteiger charge is 2.28. The molecule has 0 heterocycles. The van der Waals surface area contributed by atoms with E-state index in [1.165, 1.54) is 0 Å². The quantitative estimate of drug-likeness (QED) is 0.459. The lowest BCUT2D eigenvalue weighted by molar-refractivity contribution is -0.387. The fourth-order valence-corrected chi connectivity index (χ4v) is 2.54. The Bertz CT molecular complexity index is 528. The molecule has 0 bridgehead atoms. The summed E-state index contributed by atoms with van der Waals surface area (Å²) in [4.78, 5) is 8.77. The van der Waals surface area contributed by atoms with Crippen LogP contribution in [0.1, 0.15) is 5.56 Å². The van der Waals surface area contributed by atoms with Gasteiger partial charge in [0.2, 0.25) is 0 Å². The molecule has 0 saturated heterocycles. The van der Waals surface area contributed by atoms with Gasteiger partial charge in [-0.2, -0.15) is 0 Å². The SMILES string of the molecule is Cc1c(F)ccc([N+](=O)[O-])c1S(=O)(=O)Cl. The smallest absolute Gasteiger partial charge is 0.258 e. The molecule has 0 aromatic heterocycles. The maximum absolute atomic E-state index is 13.0. The van der Waals surface area contributed by atoms with Crippen molar-refractivity contribution in [2.75, 3.05) is 0 Å². The number of rotatable bonds is 2. The predicted octanol–water partition coefficient (Wildman–Crippen LogP) is 1.97. The Kier molecular flexibility index (Phi) is 2.96. The van der Waals surface area contributed by atoms with Crippen molar-refractivity contribution in [2.24, 2.45) is 0 Å². The van der Waals surface area contributed by atoms with Crippen molar-refractivity contribution in [3.8, 4) is 0 Å². The largest absolute Gasteiger partial charge is 0.289 e. The third-order valence-electron chi connectivity index (χ3n) is 1.76. The van der Waals surface area contributed by atoms with Crippen LogP contribution in [0.2, 0.25) is 0 Å². The molecule has 1 rings (SSSR count). The monoisotopic (exact) mass is 253 g/mol. The summed E-state index contributed by atoms with van der Waals surface area (Å²) in [6, 6.07) is 1.58. The third kappa shape index (κ3) is 2.24. The molecule has 1 aromatic rings. The summed E-state index contributed by atoms with van der Waals surface area (Å²) in [6.07, 6.45) is 0. The van der Waals surface area contributed by atoms with Crippen molar-refractivity contribution in [1.29, 1.82) is 0 Å². The summed E-state index contributed by atoms with van der Waals surface area (Å²) in [7, 11) is 0.645. The summed E-state index contributed by atoms with van der Waals surface area (Å²) in [5, 5.41) is 10.5. The van der Waals surface area contributed by atoms with Gasteiger partial charge in [0, 0.05) is 22.3 Å². The lowest BCUT2D eigenvalue weighted by Gasteiger charge is -2.03. The van der Waals surface area contributed by atoms with Crippen LogP contribution in [0.3, 0.4) is 0 Å². The van der Waals surface area contributed by atoms with E-state index in [4.69, 9.17) is 10.7 Å². The summed E-state index contributed by atoms with van der Waals surface area (Å²) in [5.74, 6) is -0.861.